The van der Waals surface area contributed by atoms with E-state index in [0.717, 1.165) is 0 Å². The van der Waals surface area contributed by atoms with E-state index in [1.54, 1.807) is 12.3 Å². The molecule has 0 atom stereocenters. The van der Waals surface area contributed by atoms with Crippen LogP contribution in [0.15, 0.2) is 23.2 Å². The van der Waals surface area contributed by atoms with Gasteiger partial charge >= 0.3 is 0 Å². The van der Waals surface area contributed by atoms with Crippen molar-refractivity contribution < 1.29 is 14.4 Å². The first kappa shape index (κ1) is 9.44. The van der Waals surface area contributed by atoms with Gasteiger partial charge in [-0.2, -0.15) is 0 Å². The topological polar surface area (TPSA) is 74.0 Å². The van der Waals surface area contributed by atoms with Gasteiger partial charge in [0.2, 0.25) is 5.79 Å². The summed E-state index contributed by atoms with van der Waals surface area (Å²) >= 11 is 0. The first-order valence-corrected chi connectivity index (χ1v) is 4.83. The molecule has 82 valence electrons. The maximum absolute atomic E-state index is 10.7. The molecule has 1 aromatic carbocycles. The monoisotopic (exact) mass is 220 g/mol. The molecule has 2 aliphatic heterocycles. The molecular weight excluding hydrogens is 212 g/mol. The summed E-state index contributed by atoms with van der Waals surface area (Å²) in [5.41, 5.74) is 1.29. The predicted molar refractivity (Wildman–Crippen MR) is 54.8 cm³/mol. The smallest absolute Gasteiger partial charge is 0.270 e. The standard InChI is InChI=1S/C10H8N2O4/c13-12(14)7-1-2-9-8(5-7)10(6-11-9)15-3-4-16-10/h1-2,5-6H,3-4H2. The summed E-state index contributed by atoms with van der Waals surface area (Å²) in [7, 11) is 0. The lowest BCUT2D eigenvalue weighted by Crippen LogP contribution is -2.26. The van der Waals surface area contributed by atoms with E-state index in [1.807, 2.05) is 0 Å². The van der Waals surface area contributed by atoms with Crippen molar-refractivity contribution in [1.29, 1.82) is 0 Å². The molecular formula is C10H8N2O4. The van der Waals surface area contributed by atoms with Crippen molar-refractivity contribution in [3.63, 3.8) is 0 Å². The highest BCUT2D eigenvalue weighted by molar-refractivity contribution is 5.83. The Labute approximate surface area is 90.7 Å². The summed E-state index contributed by atoms with van der Waals surface area (Å²) in [5.74, 6) is -0.999. The molecule has 6 nitrogen and oxygen atoms in total. The zero-order valence-electron chi connectivity index (χ0n) is 8.25. The van der Waals surface area contributed by atoms with E-state index in [-0.39, 0.29) is 5.69 Å². The van der Waals surface area contributed by atoms with Crippen LogP contribution >= 0.6 is 0 Å². The lowest BCUT2D eigenvalue weighted by atomic mass is 10.1. The third kappa shape index (κ3) is 1.17. The Hall–Kier alpha value is -1.79. The number of nitro benzene ring substituents is 1. The summed E-state index contributed by atoms with van der Waals surface area (Å²) < 4.78 is 10.9. The molecule has 2 aliphatic rings. The molecule has 0 amide bonds. The number of non-ortho nitro benzene ring substituents is 1. The van der Waals surface area contributed by atoms with Crippen LogP contribution in [0, 0.1) is 10.1 Å². The number of rotatable bonds is 1. The van der Waals surface area contributed by atoms with Gasteiger partial charge in [-0.15, -0.1) is 0 Å². The first-order valence-electron chi connectivity index (χ1n) is 4.83. The third-order valence-electron chi connectivity index (χ3n) is 2.66. The van der Waals surface area contributed by atoms with Gasteiger partial charge in [0.15, 0.2) is 0 Å². The summed E-state index contributed by atoms with van der Waals surface area (Å²) in [5, 5.41) is 10.7. The van der Waals surface area contributed by atoms with Gasteiger partial charge < -0.3 is 9.47 Å². The van der Waals surface area contributed by atoms with Crippen LogP contribution in [0.2, 0.25) is 0 Å². The van der Waals surface area contributed by atoms with Crippen LogP contribution < -0.4 is 0 Å². The van der Waals surface area contributed by atoms with Crippen molar-refractivity contribution in [2.45, 2.75) is 5.79 Å². The van der Waals surface area contributed by atoms with Gasteiger partial charge in [0.05, 0.1) is 30.0 Å². The molecule has 0 aromatic heterocycles. The Morgan fingerprint density at radius 1 is 1.38 bits per heavy atom. The largest absolute Gasteiger partial charge is 0.339 e. The molecule has 0 saturated carbocycles. The van der Waals surface area contributed by atoms with Gasteiger partial charge in [-0.3, -0.25) is 15.1 Å². The lowest BCUT2D eigenvalue weighted by Gasteiger charge is -2.19. The minimum atomic E-state index is -0.999. The van der Waals surface area contributed by atoms with Crippen LogP contribution in [-0.4, -0.2) is 24.4 Å². The molecule has 16 heavy (non-hydrogen) atoms. The molecule has 0 N–H and O–H groups in total. The number of ether oxygens (including phenoxy) is 2. The van der Waals surface area contributed by atoms with Gasteiger partial charge in [0, 0.05) is 17.7 Å². The van der Waals surface area contributed by atoms with Gasteiger partial charge in [0.25, 0.3) is 5.69 Å². The highest BCUT2D eigenvalue weighted by Crippen LogP contribution is 2.42. The summed E-state index contributed by atoms with van der Waals surface area (Å²) in [6.07, 6.45) is 1.55. The fourth-order valence-electron chi connectivity index (χ4n) is 1.91. The van der Waals surface area contributed by atoms with Gasteiger partial charge in [0.1, 0.15) is 0 Å². The van der Waals surface area contributed by atoms with Crippen molar-refractivity contribution in [1.82, 2.24) is 0 Å². The van der Waals surface area contributed by atoms with Crippen molar-refractivity contribution in [2.24, 2.45) is 4.99 Å². The predicted octanol–water partition coefficient (Wildman–Crippen LogP) is 1.51. The molecule has 1 aromatic rings. The molecule has 6 heteroatoms. The van der Waals surface area contributed by atoms with E-state index in [1.165, 1.54) is 12.1 Å². The molecule has 1 spiro atoms. The van der Waals surface area contributed by atoms with E-state index in [9.17, 15) is 10.1 Å². The second-order valence-electron chi connectivity index (χ2n) is 3.58. The van der Waals surface area contributed by atoms with Gasteiger partial charge in [-0.1, -0.05) is 0 Å². The van der Waals surface area contributed by atoms with Crippen molar-refractivity contribution in [2.75, 3.05) is 13.2 Å². The summed E-state index contributed by atoms with van der Waals surface area (Å²) in [6.45, 7) is 0.933. The Morgan fingerprint density at radius 2 is 2.12 bits per heavy atom. The Morgan fingerprint density at radius 3 is 2.81 bits per heavy atom. The van der Waals surface area contributed by atoms with Crippen molar-refractivity contribution in [3.8, 4) is 0 Å². The van der Waals surface area contributed by atoms with Crippen LogP contribution in [0.5, 0.6) is 0 Å². The Balaban J connectivity index is 2.12. The number of fused-ring (bicyclic) bond motifs is 2. The SMILES string of the molecule is O=[N+]([O-])c1ccc2c(c1)C1(C=N2)OCCO1. The van der Waals surface area contributed by atoms with E-state index < -0.39 is 10.7 Å². The number of nitro groups is 1. The van der Waals surface area contributed by atoms with Crippen LogP contribution in [0.4, 0.5) is 11.4 Å². The van der Waals surface area contributed by atoms with Gasteiger partial charge in [-0.05, 0) is 6.07 Å². The van der Waals surface area contributed by atoms with E-state index in [0.29, 0.717) is 24.5 Å². The van der Waals surface area contributed by atoms with E-state index >= 15 is 0 Å². The maximum Gasteiger partial charge on any atom is 0.270 e. The Bertz CT molecular complexity index is 492. The second-order valence-corrected chi connectivity index (χ2v) is 3.58. The molecule has 0 aliphatic carbocycles. The minimum Gasteiger partial charge on any atom is -0.339 e. The molecule has 0 unspecified atom stereocenters. The average Bonchev–Trinajstić information content (AvgIpc) is 2.88. The molecule has 0 radical (unpaired) electrons. The Kier molecular flexibility index (Phi) is 1.83. The lowest BCUT2D eigenvalue weighted by molar-refractivity contribution is -0.385. The molecule has 2 heterocycles. The highest BCUT2D eigenvalue weighted by Gasteiger charge is 2.43. The average molecular weight is 220 g/mol. The third-order valence-corrected chi connectivity index (χ3v) is 2.66. The number of benzene rings is 1. The minimum absolute atomic E-state index is 0.0164. The normalized spacial score (nSPS) is 20.2. The van der Waals surface area contributed by atoms with Crippen LogP contribution in [0.3, 0.4) is 0 Å². The first-order chi connectivity index (χ1) is 7.71. The fourth-order valence-corrected chi connectivity index (χ4v) is 1.91. The van der Waals surface area contributed by atoms with Crippen LogP contribution in [0.1, 0.15) is 5.56 Å². The zero-order valence-corrected chi connectivity index (χ0v) is 8.25. The van der Waals surface area contributed by atoms with Crippen molar-refractivity contribution >= 4 is 17.6 Å². The summed E-state index contributed by atoms with van der Waals surface area (Å²) in [6, 6.07) is 4.47. The van der Waals surface area contributed by atoms with Crippen molar-refractivity contribution in [3.05, 3.63) is 33.9 Å². The molecule has 1 saturated heterocycles. The number of hydrogen-bond donors (Lipinski definition) is 0. The number of aliphatic imine (C=N–C) groups is 1. The zero-order chi connectivity index (χ0) is 11.2. The maximum atomic E-state index is 10.7. The second kappa shape index (κ2) is 3.10. The number of nitrogens with zero attached hydrogens (tertiary/aromatic N) is 2. The van der Waals surface area contributed by atoms with E-state index in [2.05, 4.69) is 4.99 Å². The van der Waals surface area contributed by atoms with Crippen LogP contribution in [0.25, 0.3) is 0 Å². The molecule has 1 fully saturated rings. The molecule has 3 rings (SSSR count). The number of hydrogen-bond acceptors (Lipinski definition) is 5. The summed E-state index contributed by atoms with van der Waals surface area (Å²) in [4.78, 5) is 14.4. The van der Waals surface area contributed by atoms with Gasteiger partial charge in [-0.25, -0.2) is 0 Å². The fraction of sp³-hybridized carbons (Fsp3) is 0.300. The van der Waals surface area contributed by atoms with E-state index in [4.69, 9.17) is 9.47 Å². The quantitative estimate of drug-likeness (QED) is 0.531. The van der Waals surface area contributed by atoms with Crippen LogP contribution in [-0.2, 0) is 15.3 Å². The highest BCUT2D eigenvalue weighted by atomic mass is 16.7. The molecule has 0 bridgehead atoms.